The normalized spacial score (nSPS) is 10.6. The average Bonchev–Trinajstić information content (AvgIpc) is 2.58. The smallest absolute Gasteiger partial charge is 0.339 e. The third-order valence-electron chi connectivity index (χ3n) is 2.19. The minimum absolute atomic E-state index is 0.370. The van der Waals surface area contributed by atoms with Crippen molar-refractivity contribution in [3.8, 4) is 0 Å². The van der Waals surface area contributed by atoms with Crippen molar-refractivity contribution in [2.45, 2.75) is 6.92 Å². The summed E-state index contributed by atoms with van der Waals surface area (Å²) < 4.78 is 7.26. The van der Waals surface area contributed by atoms with Crippen molar-refractivity contribution in [3.63, 3.8) is 0 Å². The number of aryl methyl sites for hydroxylation is 1. The number of carbonyl (C=O) groups excluding carboxylic acids is 1. The highest BCUT2D eigenvalue weighted by molar-refractivity contribution is 9.10. The van der Waals surface area contributed by atoms with Gasteiger partial charge >= 0.3 is 5.97 Å². The van der Waals surface area contributed by atoms with Crippen LogP contribution in [0.5, 0.6) is 0 Å². The van der Waals surface area contributed by atoms with Crippen molar-refractivity contribution < 1.29 is 9.53 Å². The Morgan fingerprint density at radius 1 is 1.60 bits per heavy atom. The Morgan fingerprint density at radius 3 is 3.00 bits per heavy atom. The molecule has 0 aromatic carbocycles. The average molecular weight is 269 g/mol. The monoisotopic (exact) mass is 268 g/mol. The van der Waals surface area contributed by atoms with E-state index in [1.807, 2.05) is 17.5 Å². The molecule has 0 aliphatic carbocycles. The zero-order chi connectivity index (χ0) is 11.0. The van der Waals surface area contributed by atoms with Gasteiger partial charge in [-0.2, -0.15) is 0 Å². The molecule has 0 saturated heterocycles. The van der Waals surface area contributed by atoms with Crippen LogP contribution in [0.25, 0.3) is 5.65 Å². The number of pyridine rings is 1. The number of fused-ring (bicyclic) bond motifs is 1. The van der Waals surface area contributed by atoms with Crippen LogP contribution < -0.4 is 0 Å². The Bertz CT molecular complexity index is 533. The SMILES string of the molecule is COC(=O)c1cc2ncc(C)n2cc1Br. The molecule has 0 saturated carbocycles. The van der Waals surface area contributed by atoms with Gasteiger partial charge in [0.25, 0.3) is 0 Å². The van der Waals surface area contributed by atoms with E-state index in [4.69, 9.17) is 0 Å². The predicted octanol–water partition coefficient (Wildman–Crippen LogP) is 2.19. The second-order valence-corrected chi connectivity index (χ2v) is 4.01. The van der Waals surface area contributed by atoms with Crippen LogP contribution in [0.1, 0.15) is 16.1 Å². The molecule has 0 spiro atoms. The number of aromatic nitrogens is 2. The molecule has 0 aliphatic rings. The van der Waals surface area contributed by atoms with E-state index >= 15 is 0 Å². The maximum absolute atomic E-state index is 11.4. The summed E-state index contributed by atoms with van der Waals surface area (Å²) >= 11 is 3.33. The standard InChI is InChI=1S/C10H9BrN2O2/c1-6-4-12-9-3-7(10(14)15-2)8(11)5-13(6)9/h3-5H,1-2H3. The summed E-state index contributed by atoms with van der Waals surface area (Å²) in [7, 11) is 1.36. The van der Waals surface area contributed by atoms with E-state index in [0.29, 0.717) is 10.0 Å². The van der Waals surface area contributed by atoms with Crippen molar-refractivity contribution in [2.75, 3.05) is 7.11 Å². The molecule has 78 valence electrons. The number of ether oxygens (including phenoxy) is 1. The van der Waals surface area contributed by atoms with Crippen molar-refractivity contribution in [1.29, 1.82) is 0 Å². The Kier molecular flexibility index (Phi) is 2.48. The first-order chi connectivity index (χ1) is 7.13. The highest BCUT2D eigenvalue weighted by Gasteiger charge is 2.12. The number of imidazole rings is 1. The Hall–Kier alpha value is -1.36. The van der Waals surface area contributed by atoms with Crippen molar-refractivity contribution in [3.05, 3.63) is 34.2 Å². The summed E-state index contributed by atoms with van der Waals surface area (Å²) in [5, 5.41) is 0. The molecular formula is C10H9BrN2O2. The first-order valence-electron chi connectivity index (χ1n) is 4.35. The third-order valence-corrected chi connectivity index (χ3v) is 2.82. The lowest BCUT2D eigenvalue weighted by molar-refractivity contribution is 0.0599. The molecule has 0 amide bonds. The Morgan fingerprint density at radius 2 is 2.33 bits per heavy atom. The number of halogens is 1. The third kappa shape index (κ3) is 1.63. The quantitative estimate of drug-likeness (QED) is 0.745. The van der Waals surface area contributed by atoms with E-state index in [-0.39, 0.29) is 5.97 Å². The molecule has 5 heteroatoms. The lowest BCUT2D eigenvalue weighted by Crippen LogP contribution is -2.03. The van der Waals surface area contributed by atoms with Crippen LogP contribution in [0.4, 0.5) is 0 Å². The van der Waals surface area contributed by atoms with Crippen LogP contribution in [0.15, 0.2) is 22.9 Å². The number of rotatable bonds is 1. The molecule has 0 bridgehead atoms. The van der Waals surface area contributed by atoms with Gasteiger partial charge in [-0.1, -0.05) is 0 Å². The molecular weight excluding hydrogens is 260 g/mol. The van der Waals surface area contributed by atoms with Crippen LogP contribution >= 0.6 is 15.9 Å². The van der Waals surface area contributed by atoms with Gasteiger partial charge in [0, 0.05) is 22.6 Å². The summed E-state index contributed by atoms with van der Waals surface area (Å²) in [5.74, 6) is -0.370. The van der Waals surface area contributed by atoms with Gasteiger partial charge in [0.2, 0.25) is 0 Å². The molecule has 15 heavy (non-hydrogen) atoms. The number of hydrogen-bond donors (Lipinski definition) is 0. The summed E-state index contributed by atoms with van der Waals surface area (Å²) in [6.45, 7) is 1.95. The van der Waals surface area contributed by atoms with Gasteiger partial charge in [0.05, 0.1) is 12.7 Å². The van der Waals surface area contributed by atoms with Gasteiger partial charge in [-0.3, -0.25) is 0 Å². The number of esters is 1. The van der Waals surface area contributed by atoms with Crippen molar-refractivity contribution in [1.82, 2.24) is 9.38 Å². The zero-order valence-corrected chi connectivity index (χ0v) is 9.91. The fourth-order valence-electron chi connectivity index (χ4n) is 1.39. The van der Waals surface area contributed by atoms with E-state index in [0.717, 1.165) is 11.3 Å². The van der Waals surface area contributed by atoms with Gasteiger partial charge in [-0.15, -0.1) is 0 Å². The maximum Gasteiger partial charge on any atom is 0.339 e. The van der Waals surface area contributed by atoms with Crippen molar-refractivity contribution >= 4 is 27.5 Å². The summed E-state index contributed by atoms with van der Waals surface area (Å²) in [6, 6.07) is 1.70. The first kappa shape index (κ1) is 10.2. The van der Waals surface area contributed by atoms with E-state index in [2.05, 4.69) is 25.7 Å². The Balaban J connectivity index is 2.68. The topological polar surface area (TPSA) is 43.6 Å². The molecule has 0 unspecified atom stereocenters. The lowest BCUT2D eigenvalue weighted by Gasteiger charge is -2.04. The molecule has 0 aliphatic heterocycles. The molecule has 0 atom stereocenters. The van der Waals surface area contributed by atoms with E-state index in [1.54, 1.807) is 12.3 Å². The maximum atomic E-state index is 11.4. The number of carbonyl (C=O) groups is 1. The van der Waals surface area contributed by atoms with Gasteiger partial charge < -0.3 is 9.14 Å². The minimum Gasteiger partial charge on any atom is -0.465 e. The fourth-order valence-corrected chi connectivity index (χ4v) is 1.87. The summed E-state index contributed by atoms with van der Waals surface area (Å²) in [6.07, 6.45) is 3.56. The van der Waals surface area contributed by atoms with Crippen LogP contribution in [-0.4, -0.2) is 22.5 Å². The van der Waals surface area contributed by atoms with Gasteiger partial charge in [0.1, 0.15) is 5.65 Å². The Labute approximate surface area is 95.0 Å². The summed E-state index contributed by atoms with van der Waals surface area (Å²) in [5.41, 5.74) is 2.23. The van der Waals surface area contributed by atoms with Crippen LogP contribution in [-0.2, 0) is 4.74 Å². The molecule has 0 fully saturated rings. The fraction of sp³-hybridized carbons (Fsp3) is 0.200. The summed E-state index contributed by atoms with van der Waals surface area (Å²) in [4.78, 5) is 15.6. The highest BCUT2D eigenvalue weighted by atomic mass is 79.9. The second kappa shape index (κ2) is 3.66. The number of nitrogens with zero attached hydrogens (tertiary/aromatic N) is 2. The molecule has 2 aromatic heterocycles. The zero-order valence-electron chi connectivity index (χ0n) is 8.32. The van der Waals surface area contributed by atoms with Gasteiger partial charge in [-0.25, -0.2) is 9.78 Å². The second-order valence-electron chi connectivity index (χ2n) is 3.15. The van der Waals surface area contributed by atoms with Gasteiger partial charge in [-0.05, 0) is 28.9 Å². The molecule has 2 aromatic rings. The number of methoxy groups -OCH3 is 1. The van der Waals surface area contributed by atoms with E-state index in [1.165, 1.54) is 7.11 Å². The van der Waals surface area contributed by atoms with Gasteiger partial charge in [0.15, 0.2) is 0 Å². The largest absolute Gasteiger partial charge is 0.465 e. The molecule has 2 rings (SSSR count). The molecule has 4 nitrogen and oxygen atoms in total. The lowest BCUT2D eigenvalue weighted by atomic mass is 10.2. The first-order valence-corrected chi connectivity index (χ1v) is 5.14. The van der Waals surface area contributed by atoms with Crippen LogP contribution in [0.3, 0.4) is 0 Å². The van der Waals surface area contributed by atoms with Crippen LogP contribution in [0.2, 0.25) is 0 Å². The molecule has 2 heterocycles. The van der Waals surface area contributed by atoms with E-state index < -0.39 is 0 Å². The van der Waals surface area contributed by atoms with E-state index in [9.17, 15) is 4.79 Å². The molecule has 0 N–H and O–H groups in total. The molecule has 0 radical (unpaired) electrons. The van der Waals surface area contributed by atoms with Crippen molar-refractivity contribution in [2.24, 2.45) is 0 Å². The van der Waals surface area contributed by atoms with Crippen LogP contribution in [0, 0.1) is 6.92 Å². The highest BCUT2D eigenvalue weighted by Crippen LogP contribution is 2.20. The minimum atomic E-state index is -0.370. The predicted molar refractivity (Wildman–Crippen MR) is 59.0 cm³/mol. The number of hydrogen-bond acceptors (Lipinski definition) is 3.